The minimum atomic E-state index is -1.16. The van der Waals surface area contributed by atoms with Gasteiger partial charge in [-0.25, -0.2) is 29.3 Å². The molecule has 6 aromatic heterocycles. The lowest BCUT2D eigenvalue weighted by Gasteiger charge is -2.32. The molecule has 1 N–H and O–H groups in total. The summed E-state index contributed by atoms with van der Waals surface area (Å²) in [7, 11) is 5.61. The first-order chi connectivity index (χ1) is 64.9. The van der Waals surface area contributed by atoms with Crippen LogP contribution >= 0.6 is 84.7 Å². The van der Waals surface area contributed by atoms with E-state index in [1.165, 1.54) is 0 Å². The Labute approximate surface area is 832 Å². The normalized spacial score (nSPS) is 15.6. The molecule has 4 aliphatic rings. The number of fused-ring (bicyclic) bond motifs is 6. The van der Waals surface area contributed by atoms with Gasteiger partial charge in [-0.3, -0.25) is 14.0 Å². The van der Waals surface area contributed by atoms with Gasteiger partial charge in [0.2, 0.25) is 0 Å². The smallest absolute Gasteiger partial charge is 0.479 e. The van der Waals surface area contributed by atoms with Crippen molar-refractivity contribution in [2.75, 3.05) is 52.9 Å². The SMILES string of the molecule is CC1(C)OB(C2=CCOC2)OC1(C)C.CCOC(=O)[C@@H](OC(C)(C)C)c1c(C)cc2nc(-c3ccc4c(c3)c(Br)nn4C)sc2c1-c1ccc(Cl)cc1.CCOC(=O)[C@@H](OC(C)(C)C)c1c(C)cc2nc(-c3ccc4c(c3)c(C3=CCOC3)nn4C)sc2c1-c1ccc(Cl)cc1.Cc1cc2nc(-c3ccc4c(c3)c(C3=CCOC3)nn4C)sc2c(-c2ccc(Cl)cc2)c1[C@H](OC(C)(C)C)C(=O)O. The molecule has 1 fully saturated rings. The molecule has 1 saturated heterocycles. The molecule has 0 radical (unpaired) electrons. The number of carboxylic acid groups (broad SMARTS) is 1. The molecule has 712 valence electrons. The molecular weight excluding hydrogens is 1920 g/mol. The second-order valence-electron chi connectivity index (χ2n) is 38.2. The van der Waals surface area contributed by atoms with E-state index in [-0.39, 0.29) is 31.5 Å². The van der Waals surface area contributed by atoms with E-state index in [2.05, 4.69) is 115 Å². The number of hydrogen-bond acceptors (Lipinski definition) is 22. The van der Waals surface area contributed by atoms with E-state index in [1.807, 2.05) is 215 Å². The molecule has 31 heteroatoms. The van der Waals surface area contributed by atoms with Gasteiger partial charge < -0.3 is 52.3 Å². The summed E-state index contributed by atoms with van der Waals surface area (Å²) >= 11 is 27.1. The van der Waals surface area contributed by atoms with Crippen LogP contribution in [0.4, 0.5) is 0 Å². The van der Waals surface area contributed by atoms with Crippen molar-refractivity contribution >= 4 is 184 Å². The van der Waals surface area contributed by atoms with Crippen molar-refractivity contribution in [3.8, 4) is 65.1 Å². The largest absolute Gasteiger partial charge is 0.492 e. The van der Waals surface area contributed by atoms with E-state index in [4.69, 9.17) is 107 Å². The highest BCUT2D eigenvalue weighted by Crippen LogP contribution is 2.51. The van der Waals surface area contributed by atoms with Crippen LogP contribution in [0.15, 0.2) is 174 Å². The molecule has 19 rings (SSSR count). The van der Waals surface area contributed by atoms with E-state index < -0.39 is 53.0 Å². The molecule has 0 aliphatic carbocycles. The number of ether oxygens (including phenoxy) is 8. The minimum Gasteiger partial charge on any atom is -0.479 e. The molecule has 10 heterocycles. The van der Waals surface area contributed by atoms with Crippen molar-refractivity contribution in [3.63, 3.8) is 0 Å². The van der Waals surface area contributed by atoms with Gasteiger partial charge in [-0.15, -0.1) is 34.0 Å². The molecule has 0 amide bonds. The third kappa shape index (κ3) is 21.4. The molecule has 0 saturated carbocycles. The molecule has 137 heavy (non-hydrogen) atoms. The Morgan fingerprint density at radius 2 is 0.766 bits per heavy atom. The summed E-state index contributed by atoms with van der Waals surface area (Å²) < 4.78 is 67.4. The number of esters is 2. The fraction of sp³-hybridized carbons (Fsp3) is 0.349. The van der Waals surface area contributed by atoms with Gasteiger partial charge in [0.05, 0.1) is 139 Å². The third-order valence-corrected chi connectivity index (χ3v) is 28.9. The van der Waals surface area contributed by atoms with Crippen LogP contribution in [-0.2, 0) is 82.7 Å². The van der Waals surface area contributed by atoms with Crippen molar-refractivity contribution in [1.29, 1.82) is 0 Å². The predicted molar refractivity (Wildman–Crippen MR) is 555 cm³/mol. The average molecular weight is 2030 g/mol. The number of hydrogen-bond donors (Lipinski definition) is 1. The van der Waals surface area contributed by atoms with Gasteiger partial charge >= 0.3 is 25.0 Å². The van der Waals surface area contributed by atoms with E-state index >= 15 is 0 Å². The number of aliphatic carboxylic acids is 1. The highest BCUT2D eigenvalue weighted by atomic mass is 79.9. The van der Waals surface area contributed by atoms with Crippen LogP contribution in [0.3, 0.4) is 0 Å². The molecule has 3 atom stereocenters. The summed E-state index contributed by atoms with van der Waals surface area (Å²) in [5.41, 5.74) is 21.5. The van der Waals surface area contributed by atoms with E-state index in [9.17, 15) is 19.5 Å². The molecule has 23 nitrogen and oxygen atoms in total. The highest BCUT2D eigenvalue weighted by molar-refractivity contribution is 9.10. The Hall–Kier alpha value is -10.2. The first-order valence-electron chi connectivity index (χ1n) is 45.4. The van der Waals surface area contributed by atoms with Crippen LogP contribution in [0, 0.1) is 20.8 Å². The standard InChI is InChI=1S/C34H34ClN3O4S.C32H30ClN3O4S.C30H29BrClN3O3S.C10H17BO3/c1-7-41-33(39)30(42-34(3,4)5)27-19(2)16-25-31(28(27)20-8-11-23(35)12-9-20)43-32(36-25)21-10-13-26-24(17-21)29(37-38(26)6)22-14-15-40-18-22;1-17-14-23-29(26(18-6-9-21(33)10-7-18)25(17)28(31(37)38)40-32(2,3)4)41-30(34-23)19-8-11-24-22(15-19)27(35-36(24)5)20-12-13-39-16-20;1-7-37-29(36)25(38-30(3,4)5)23-16(2)14-21-26(24(23)17-8-11-19(32)12-9-17)39-28(33-21)18-10-13-22-20(15-18)27(31)34-35(22)6;1-9(2)10(3,4)14-11(13-9)8-5-6-12-7-8/h8-14,16-17,30H,7,15,18H2,1-6H3;6-12,14-15,28H,13,16H2,1-5H3,(H,37,38);8-15,25H,7H2,1-6H3;5H,6-7H2,1-4H3/t30-;28-;25-;/m000./s1. The molecule has 0 unspecified atom stereocenters. The Balaban J connectivity index is 0.000000139. The van der Waals surface area contributed by atoms with Crippen LogP contribution in [0.5, 0.6) is 0 Å². The van der Waals surface area contributed by atoms with Crippen molar-refractivity contribution in [2.45, 2.75) is 171 Å². The van der Waals surface area contributed by atoms with Gasteiger partial charge in [0.1, 0.15) is 19.6 Å². The predicted octanol–water partition coefficient (Wildman–Crippen LogP) is 26.4. The zero-order chi connectivity index (χ0) is 98.0. The Kier molecular flexibility index (Phi) is 29.3. The summed E-state index contributed by atoms with van der Waals surface area (Å²) in [6.45, 7) is 39.1. The van der Waals surface area contributed by atoms with Crippen molar-refractivity contribution in [1.82, 2.24) is 44.3 Å². The second kappa shape index (κ2) is 40.2. The summed E-state index contributed by atoms with van der Waals surface area (Å²) in [4.78, 5) is 54.6. The van der Waals surface area contributed by atoms with Crippen molar-refractivity contribution in [2.24, 2.45) is 21.1 Å². The number of thiazole rings is 3. The fourth-order valence-corrected chi connectivity index (χ4v) is 21.5. The van der Waals surface area contributed by atoms with Gasteiger partial charge in [0.15, 0.2) is 18.3 Å². The van der Waals surface area contributed by atoms with Gasteiger partial charge in [-0.1, -0.05) is 89.4 Å². The van der Waals surface area contributed by atoms with E-state index in [1.54, 1.807) is 47.9 Å². The summed E-state index contributed by atoms with van der Waals surface area (Å²) in [5.74, 6) is -1.87. The van der Waals surface area contributed by atoms with Gasteiger partial charge in [-0.05, 0) is 289 Å². The van der Waals surface area contributed by atoms with Crippen LogP contribution in [0.1, 0.15) is 167 Å². The Morgan fingerprint density at radius 3 is 1.09 bits per heavy atom. The van der Waals surface area contributed by atoms with Crippen LogP contribution in [0.2, 0.25) is 15.1 Å². The first-order valence-corrected chi connectivity index (χ1v) is 49.7. The first kappa shape index (κ1) is 99.8. The zero-order valence-electron chi connectivity index (χ0n) is 80.6. The number of rotatable bonds is 20. The summed E-state index contributed by atoms with van der Waals surface area (Å²) in [5, 5.41) is 32.0. The summed E-state index contributed by atoms with van der Waals surface area (Å²) in [6.07, 6.45) is 3.22. The van der Waals surface area contributed by atoms with Crippen LogP contribution in [-0.4, -0.2) is 155 Å². The monoisotopic (exact) mass is 2020 g/mol. The number of aryl methyl sites for hydroxylation is 6. The van der Waals surface area contributed by atoms with Gasteiger partial charge in [0.25, 0.3) is 0 Å². The molecule has 15 aromatic rings. The van der Waals surface area contributed by atoms with Gasteiger partial charge in [-0.2, -0.15) is 15.3 Å². The van der Waals surface area contributed by atoms with E-state index in [0.717, 1.165) is 189 Å². The van der Waals surface area contributed by atoms with Crippen molar-refractivity contribution in [3.05, 3.63) is 234 Å². The lowest BCUT2D eigenvalue weighted by molar-refractivity contribution is -0.167. The van der Waals surface area contributed by atoms with Crippen LogP contribution < -0.4 is 0 Å². The molecule has 9 aromatic carbocycles. The number of halogens is 4. The van der Waals surface area contributed by atoms with Crippen molar-refractivity contribution < 1.29 is 66.7 Å². The number of benzene rings is 9. The molecular formula is C106H110BBrCl3N9O14S3. The maximum Gasteiger partial charge on any atom is 0.492 e. The molecule has 4 aliphatic heterocycles. The maximum absolute atomic E-state index is 13.4. The fourth-order valence-electron chi connectivity index (χ4n) is 17.2. The maximum atomic E-state index is 13.4. The Bertz CT molecular complexity index is 7260. The van der Waals surface area contributed by atoms with E-state index in [0.29, 0.717) is 60.3 Å². The highest BCUT2D eigenvalue weighted by Gasteiger charge is 2.53. The average Bonchev–Trinajstić information content (AvgIpc) is 1.60. The molecule has 0 bridgehead atoms. The Morgan fingerprint density at radius 1 is 0.453 bits per heavy atom. The lowest BCUT2D eigenvalue weighted by Crippen LogP contribution is -2.41. The topological polar surface area (TPSA) is 256 Å². The zero-order valence-corrected chi connectivity index (χ0v) is 86.9. The van der Waals surface area contributed by atoms with Gasteiger partial charge in [0, 0.05) is 114 Å². The second-order valence-corrected chi connectivity index (χ2v) is 43.2. The number of nitrogens with zero attached hydrogens (tertiary/aromatic N) is 9. The minimum absolute atomic E-state index is 0.220. The number of aromatic nitrogens is 9. The third-order valence-electron chi connectivity index (χ3n) is 24.2. The summed E-state index contributed by atoms with van der Waals surface area (Å²) in [6, 6.07) is 47.6. The van der Waals surface area contributed by atoms with Crippen LogP contribution in [0.25, 0.3) is 140 Å². The number of carbonyl (C=O) groups excluding carboxylic acids is 2. The number of carbonyl (C=O) groups is 3. The quantitative estimate of drug-likeness (QED) is 0.0549. The number of carboxylic acids is 1. The lowest BCUT2D eigenvalue weighted by atomic mass is 9.79. The molecule has 0 spiro atoms.